The van der Waals surface area contributed by atoms with Crippen LogP contribution in [0.5, 0.6) is 0 Å². The lowest BCUT2D eigenvalue weighted by molar-refractivity contribution is 0.593. The Morgan fingerprint density at radius 2 is 2.00 bits per heavy atom. The zero-order valence-electron chi connectivity index (χ0n) is 12.6. The summed E-state index contributed by atoms with van der Waals surface area (Å²) < 4.78 is 42.7. The third kappa shape index (κ3) is 3.27. The quantitative estimate of drug-likeness (QED) is 0.765. The van der Waals surface area contributed by atoms with Crippen molar-refractivity contribution in [3.63, 3.8) is 0 Å². The van der Waals surface area contributed by atoms with E-state index in [1.807, 2.05) is 0 Å². The molecule has 1 N–H and O–H groups in total. The second-order valence-electron chi connectivity index (χ2n) is 5.13. The van der Waals surface area contributed by atoms with Crippen LogP contribution in [0.1, 0.15) is 5.56 Å². The van der Waals surface area contributed by atoms with Crippen molar-refractivity contribution in [2.75, 3.05) is 4.72 Å². The van der Waals surface area contributed by atoms with Gasteiger partial charge in [0.2, 0.25) is 0 Å². The molecule has 0 aliphatic rings. The van der Waals surface area contributed by atoms with Crippen LogP contribution in [0.2, 0.25) is 5.02 Å². The van der Waals surface area contributed by atoms with Crippen molar-refractivity contribution in [3.05, 3.63) is 71.3 Å². The molecule has 24 heavy (non-hydrogen) atoms. The summed E-state index contributed by atoms with van der Waals surface area (Å²) in [7, 11) is -3.97. The minimum Gasteiger partial charge on any atom is -0.277 e. The Balaban J connectivity index is 2.04. The van der Waals surface area contributed by atoms with E-state index in [1.165, 1.54) is 22.9 Å². The van der Waals surface area contributed by atoms with Crippen molar-refractivity contribution in [2.45, 2.75) is 11.8 Å². The normalized spacial score (nSPS) is 11.5. The topological polar surface area (TPSA) is 64.0 Å². The Labute approximate surface area is 143 Å². The average Bonchev–Trinajstić information content (AvgIpc) is 3.03. The van der Waals surface area contributed by atoms with Crippen molar-refractivity contribution < 1.29 is 12.8 Å². The Kier molecular flexibility index (Phi) is 4.29. The molecule has 2 aromatic carbocycles. The van der Waals surface area contributed by atoms with Crippen LogP contribution >= 0.6 is 11.6 Å². The van der Waals surface area contributed by atoms with Crippen molar-refractivity contribution in [1.29, 1.82) is 0 Å². The molecule has 3 rings (SSSR count). The summed E-state index contributed by atoms with van der Waals surface area (Å²) in [5.74, 6) is -0.587. The van der Waals surface area contributed by atoms with E-state index in [0.29, 0.717) is 16.3 Å². The summed E-state index contributed by atoms with van der Waals surface area (Å²) in [5, 5.41) is 4.44. The van der Waals surface area contributed by atoms with Gasteiger partial charge in [0.25, 0.3) is 10.0 Å². The molecule has 124 valence electrons. The van der Waals surface area contributed by atoms with Crippen molar-refractivity contribution in [1.82, 2.24) is 9.78 Å². The van der Waals surface area contributed by atoms with Gasteiger partial charge in [-0.3, -0.25) is 4.72 Å². The lowest BCUT2D eigenvalue weighted by Gasteiger charge is -2.13. The minimum absolute atomic E-state index is 0.169. The molecule has 1 aromatic heterocycles. The van der Waals surface area contributed by atoms with E-state index in [0.717, 1.165) is 6.07 Å². The summed E-state index contributed by atoms with van der Waals surface area (Å²) in [4.78, 5) is -0.169. The van der Waals surface area contributed by atoms with Gasteiger partial charge in [0.15, 0.2) is 0 Å². The highest BCUT2D eigenvalue weighted by molar-refractivity contribution is 7.92. The predicted octanol–water partition coefficient (Wildman–Crippen LogP) is 3.77. The van der Waals surface area contributed by atoms with Crippen molar-refractivity contribution in [3.8, 4) is 5.69 Å². The van der Waals surface area contributed by atoms with Gasteiger partial charge in [-0.05, 0) is 48.9 Å². The van der Waals surface area contributed by atoms with Crippen LogP contribution in [0.3, 0.4) is 0 Å². The SMILES string of the molecule is Cc1ccc(S(=O)(=O)Nc2cc(Cl)ccc2-n2cccn2)cc1F. The van der Waals surface area contributed by atoms with Gasteiger partial charge in [0.05, 0.1) is 16.3 Å². The van der Waals surface area contributed by atoms with Gasteiger partial charge in [-0.25, -0.2) is 17.5 Å². The Morgan fingerprint density at radius 3 is 2.67 bits per heavy atom. The molecule has 0 radical (unpaired) electrons. The monoisotopic (exact) mass is 365 g/mol. The standard InChI is InChI=1S/C16H13ClFN3O2S/c1-11-3-5-13(10-14(11)18)24(22,23)20-15-9-12(17)4-6-16(15)21-8-2-7-19-21/h2-10,20H,1H3. The molecule has 0 atom stereocenters. The maximum Gasteiger partial charge on any atom is 0.262 e. The van der Waals surface area contributed by atoms with Crippen LogP contribution in [-0.4, -0.2) is 18.2 Å². The van der Waals surface area contributed by atoms with E-state index in [-0.39, 0.29) is 10.6 Å². The van der Waals surface area contributed by atoms with Crippen LogP contribution in [0.4, 0.5) is 10.1 Å². The fraction of sp³-hybridized carbons (Fsp3) is 0.0625. The van der Waals surface area contributed by atoms with Crippen LogP contribution in [0.15, 0.2) is 59.8 Å². The number of hydrogen-bond acceptors (Lipinski definition) is 3. The highest BCUT2D eigenvalue weighted by atomic mass is 35.5. The van der Waals surface area contributed by atoms with Crippen molar-refractivity contribution in [2.24, 2.45) is 0 Å². The van der Waals surface area contributed by atoms with Gasteiger partial charge in [-0.1, -0.05) is 17.7 Å². The highest BCUT2D eigenvalue weighted by Gasteiger charge is 2.18. The summed E-state index contributed by atoms with van der Waals surface area (Å²) in [6, 6.07) is 10.2. The Hall–Kier alpha value is -2.38. The molecule has 0 saturated heterocycles. The number of nitrogens with zero attached hydrogens (tertiary/aromatic N) is 2. The Morgan fingerprint density at radius 1 is 1.21 bits per heavy atom. The number of sulfonamides is 1. The lowest BCUT2D eigenvalue weighted by atomic mass is 10.2. The smallest absolute Gasteiger partial charge is 0.262 e. The minimum atomic E-state index is -3.97. The molecule has 5 nitrogen and oxygen atoms in total. The van der Waals surface area contributed by atoms with Crippen LogP contribution in [0.25, 0.3) is 5.69 Å². The predicted molar refractivity (Wildman–Crippen MR) is 90.5 cm³/mol. The van der Waals surface area contributed by atoms with E-state index < -0.39 is 15.8 Å². The van der Waals surface area contributed by atoms with E-state index >= 15 is 0 Å². The zero-order chi connectivity index (χ0) is 17.3. The van der Waals surface area contributed by atoms with Gasteiger partial charge >= 0.3 is 0 Å². The largest absolute Gasteiger partial charge is 0.277 e. The van der Waals surface area contributed by atoms with Gasteiger partial charge < -0.3 is 0 Å². The Bertz CT molecular complexity index is 989. The maximum absolute atomic E-state index is 13.7. The number of benzene rings is 2. The number of hydrogen-bond donors (Lipinski definition) is 1. The van der Waals surface area contributed by atoms with E-state index in [2.05, 4.69) is 9.82 Å². The van der Waals surface area contributed by atoms with Gasteiger partial charge in [0.1, 0.15) is 5.82 Å². The van der Waals surface area contributed by atoms with E-state index in [9.17, 15) is 12.8 Å². The second kappa shape index (κ2) is 6.26. The second-order valence-corrected chi connectivity index (χ2v) is 7.25. The van der Waals surface area contributed by atoms with Gasteiger partial charge in [-0.2, -0.15) is 5.10 Å². The first kappa shape index (κ1) is 16.5. The third-order valence-electron chi connectivity index (χ3n) is 3.41. The molecule has 0 aliphatic carbocycles. The molecule has 0 aliphatic heterocycles. The molecule has 0 fully saturated rings. The summed E-state index contributed by atoms with van der Waals surface area (Å²) >= 11 is 5.97. The first-order chi connectivity index (χ1) is 11.4. The summed E-state index contributed by atoms with van der Waals surface area (Å²) in [5.41, 5.74) is 1.11. The summed E-state index contributed by atoms with van der Waals surface area (Å²) in [6.07, 6.45) is 3.24. The third-order valence-corrected chi connectivity index (χ3v) is 5.01. The zero-order valence-corrected chi connectivity index (χ0v) is 14.1. The molecule has 0 amide bonds. The van der Waals surface area contributed by atoms with Crippen LogP contribution in [0, 0.1) is 12.7 Å². The molecule has 0 bridgehead atoms. The fourth-order valence-electron chi connectivity index (χ4n) is 2.15. The van der Waals surface area contributed by atoms with E-state index in [1.54, 1.807) is 37.5 Å². The van der Waals surface area contributed by atoms with Crippen LogP contribution < -0.4 is 4.72 Å². The van der Waals surface area contributed by atoms with Crippen LogP contribution in [-0.2, 0) is 10.0 Å². The fourth-order valence-corrected chi connectivity index (χ4v) is 3.39. The van der Waals surface area contributed by atoms with E-state index in [4.69, 9.17) is 11.6 Å². The molecular formula is C16H13ClFN3O2S. The summed E-state index contributed by atoms with van der Waals surface area (Å²) in [6.45, 7) is 1.56. The molecule has 8 heteroatoms. The molecular weight excluding hydrogens is 353 g/mol. The number of nitrogens with one attached hydrogen (secondary N) is 1. The highest BCUT2D eigenvalue weighted by Crippen LogP contribution is 2.27. The van der Waals surface area contributed by atoms with Gasteiger partial charge in [0, 0.05) is 17.4 Å². The maximum atomic E-state index is 13.7. The lowest BCUT2D eigenvalue weighted by Crippen LogP contribution is -2.15. The molecule has 1 heterocycles. The number of anilines is 1. The molecule has 0 saturated carbocycles. The number of aromatic nitrogens is 2. The first-order valence-electron chi connectivity index (χ1n) is 6.95. The van der Waals surface area contributed by atoms with Gasteiger partial charge in [-0.15, -0.1) is 0 Å². The van der Waals surface area contributed by atoms with Crippen molar-refractivity contribution >= 4 is 27.3 Å². The first-order valence-corrected chi connectivity index (χ1v) is 8.81. The number of rotatable bonds is 4. The molecule has 0 unspecified atom stereocenters. The average molecular weight is 366 g/mol. The number of aryl methyl sites for hydroxylation is 1. The number of halogens is 2. The molecule has 3 aromatic rings. The molecule has 0 spiro atoms.